The number of carbonyl (C=O) groups is 1. The number of aromatic nitrogens is 1. The summed E-state index contributed by atoms with van der Waals surface area (Å²) >= 11 is 1.27. The number of nitrogens with one attached hydrogen (secondary N) is 1. The number of fused-ring (bicyclic) bond motifs is 1. The maximum Gasteiger partial charge on any atom is 0.271 e. The molecule has 116 valence electrons. The van der Waals surface area contributed by atoms with Crippen molar-refractivity contribution in [1.29, 1.82) is 0 Å². The molecular formula is C13H20N4O3S. The molecule has 3 heterocycles. The number of nitrogens with two attached hydrogens (primary N) is 1. The van der Waals surface area contributed by atoms with E-state index in [0.717, 1.165) is 19.5 Å². The zero-order valence-corrected chi connectivity index (χ0v) is 12.5. The number of carbonyl (C=O) groups excluding carboxylic acids is 1. The molecule has 0 spiro atoms. The Kier molecular flexibility index (Phi) is 4.39. The van der Waals surface area contributed by atoms with Gasteiger partial charge in [-0.25, -0.2) is 4.98 Å². The summed E-state index contributed by atoms with van der Waals surface area (Å²) in [6.45, 7) is 2.46. The van der Waals surface area contributed by atoms with E-state index in [9.17, 15) is 4.79 Å². The summed E-state index contributed by atoms with van der Waals surface area (Å²) in [6.07, 6.45) is 1.65. The van der Waals surface area contributed by atoms with Crippen LogP contribution in [0.25, 0.3) is 0 Å². The number of hydrogen-bond acceptors (Lipinski definition) is 7. The van der Waals surface area contributed by atoms with Gasteiger partial charge in [0.05, 0.1) is 12.7 Å². The van der Waals surface area contributed by atoms with Gasteiger partial charge >= 0.3 is 0 Å². The summed E-state index contributed by atoms with van der Waals surface area (Å²) in [5, 5.41) is 14.1. The zero-order valence-electron chi connectivity index (χ0n) is 11.7. The van der Waals surface area contributed by atoms with Crippen LogP contribution in [0.4, 0.5) is 5.13 Å². The maximum absolute atomic E-state index is 12.1. The maximum atomic E-state index is 12.1. The van der Waals surface area contributed by atoms with Gasteiger partial charge in [0.15, 0.2) is 5.13 Å². The molecule has 7 nitrogen and oxygen atoms in total. The van der Waals surface area contributed by atoms with E-state index in [-0.39, 0.29) is 24.7 Å². The van der Waals surface area contributed by atoms with Gasteiger partial charge in [-0.3, -0.25) is 9.69 Å². The van der Waals surface area contributed by atoms with E-state index >= 15 is 0 Å². The quantitative estimate of drug-likeness (QED) is 0.704. The van der Waals surface area contributed by atoms with Crippen molar-refractivity contribution in [2.45, 2.75) is 31.0 Å². The Bertz CT molecular complexity index is 509. The van der Waals surface area contributed by atoms with Crippen molar-refractivity contribution < 1.29 is 14.6 Å². The number of hydrogen-bond donors (Lipinski definition) is 3. The molecule has 1 amide bonds. The van der Waals surface area contributed by atoms with Crippen molar-refractivity contribution in [2.24, 2.45) is 0 Å². The Balaban J connectivity index is 1.54. The first kappa shape index (κ1) is 14.7. The molecule has 1 aromatic heterocycles. The van der Waals surface area contributed by atoms with Crippen LogP contribution in [-0.4, -0.2) is 65.4 Å². The van der Waals surface area contributed by atoms with Crippen LogP contribution in [0.5, 0.6) is 0 Å². The fourth-order valence-corrected chi connectivity index (χ4v) is 3.56. The Labute approximate surface area is 127 Å². The van der Waals surface area contributed by atoms with Gasteiger partial charge in [-0.1, -0.05) is 0 Å². The van der Waals surface area contributed by atoms with E-state index in [4.69, 9.17) is 15.6 Å². The molecule has 1 aromatic rings. The van der Waals surface area contributed by atoms with Gasteiger partial charge in [-0.2, -0.15) is 0 Å². The minimum absolute atomic E-state index is 0.0963. The van der Waals surface area contributed by atoms with Gasteiger partial charge in [0.1, 0.15) is 5.69 Å². The van der Waals surface area contributed by atoms with Crippen LogP contribution in [0.3, 0.4) is 0 Å². The van der Waals surface area contributed by atoms with Crippen molar-refractivity contribution in [3.8, 4) is 0 Å². The molecule has 3 atom stereocenters. The summed E-state index contributed by atoms with van der Waals surface area (Å²) in [4.78, 5) is 18.4. The highest BCUT2D eigenvalue weighted by atomic mass is 32.1. The first-order valence-electron chi connectivity index (χ1n) is 7.14. The topological polar surface area (TPSA) is 101 Å². The van der Waals surface area contributed by atoms with Crippen LogP contribution in [-0.2, 0) is 4.74 Å². The minimum atomic E-state index is -0.166. The lowest BCUT2D eigenvalue weighted by Crippen LogP contribution is -2.46. The number of thiazole rings is 1. The Morgan fingerprint density at radius 3 is 3.19 bits per heavy atom. The lowest BCUT2D eigenvalue weighted by atomic mass is 10.1. The summed E-state index contributed by atoms with van der Waals surface area (Å²) in [5.74, 6) is -0.166. The summed E-state index contributed by atoms with van der Waals surface area (Å²) in [5.41, 5.74) is 5.93. The van der Waals surface area contributed by atoms with Gasteiger partial charge in [0.2, 0.25) is 0 Å². The average molecular weight is 312 g/mol. The third kappa shape index (κ3) is 3.34. The molecule has 4 N–H and O–H groups in total. The second-order valence-corrected chi connectivity index (χ2v) is 6.44. The van der Waals surface area contributed by atoms with E-state index in [1.54, 1.807) is 5.38 Å². The summed E-state index contributed by atoms with van der Waals surface area (Å²) in [7, 11) is 0. The average Bonchev–Trinajstić information content (AvgIpc) is 3.04. The summed E-state index contributed by atoms with van der Waals surface area (Å²) in [6, 6.07) is 0.465. The lowest BCUT2D eigenvalue weighted by molar-refractivity contribution is -0.0566. The Hall–Kier alpha value is -1.22. The molecule has 0 radical (unpaired) electrons. The molecule has 0 saturated carbocycles. The predicted octanol–water partition coefficient (Wildman–Crippen LogP) is -0.321. The fraction of sp³-hybridized carbons (Fsp3) is 0.692. The van der Waals surface area contributed by atoms with Gasteiger partial charge in [-0.05, 0) is 12.8 Å². The van der Waals surface area contributed by atoms with Gasteiger partial charge in [0, 0.05) is 37.2 Å². The number of aliphatic hydroxyl groups excluding tert-OH is 1. The monoisotopic (exact) mass is 312 g/mol. The number of rotatable bonds is 4. The highest BCUT2D eigenvalue weighted by molar-refractivity contribution is 7.13. The zero-order chi connectivity index (χ0) is 14.8. The van der Waals surface area contributed by atoms with Crippen LogP contribution >= 0.6 is 11.3 Å². The molecule has 0 aliphatic carbocycles. The molecule has 2 aliphatic heterocycles. The number of amides is 1. The van der Waals surface area contributed by atoms with Crippen molar-refractivity contribution in [2.75, 3.05) is 32.0 Å². The molecule has 21 heavy (non-hydrogen) atoms. The van der Waals surface area contributed by atoms with E-state index in [0.29, 0.717) is 29.9 Å². The standard InChI is InChI=1S/C13H20N4O3S/c14-13-16-11(7-21-13)12(19)15-8-3-9-6-20-10(1-2-18)5-17(9)4-8/h7-10,18H,1-6H2,(H2,14,16)(H,15,19)/t8-,9-,10-/m0/s1. The number of aliphatic hydroxyl groups is 1. The molecule has 0 bridgehead atoms. The Morgan fingerprint density at radius 1 is 1.62 bits per heavy atom. The van der Waals surface area contributed by atoms with Crippen LogP contribution in [0.1, 0.15) is 23.3 Å². The molecule has 8 heteroatoms. The van der Waals surface area contributed by atoms with Crippen molar-refractivity contribution >= 4 is 22.4 Å². The first-order chi connectivity index (χ1) is 10.2. The smallest absolute Gasteiger partial charge is 0.271 e. The Morgan fingerprint density at radius 2 is 2.48 bits per heavy atom. The second kappa shape index (κ2) is 6.27. The van der Waals surface area contributed by atoms with Crippen LogP contribution in [0, 0.1) is 0 Å². The third-order valence-corrected chi connectivity index (χ3v) is 4.71. The molecule has 0 unspecified atom stereocenters. The van der Waals surface area contributed by atoms with Crippen molar-refractivity contribution in [3.63, 3.8) is 0 Å². The highest BCUT2D eigenvalue weighted by Gasteiger charge is 2.37. The second-order valence-electron chi connectivity index (χ2n) is 5.55. The van der Waals surface area contributed by atoms with Gasteiger partial charge in [-0.15, -0.1) is 11.3 Å². The largest absolute Gasteiger partial charge is 0.396 e. The van der Waals surface area contributed by atoms with Crippen LogP contribution in [0.2, 0.25) is 0 Å². The fourth-order valence-electron chi connectivity index (χ4n) is 3.02. The van der Waals surface area contributed by atoms with E-state index in [2.05, 4.69) is 15.2 Å². The lowest BCUT2D eigenvalue weighted by Gasteiger charge is -2.34. The van der Waals surface area contributed by atoms with Crippen LogP contribution in [0.15, 0.2) is 5.38 Å². The third-order valence-electron chi connectivity index (χ3n) is 4.03. The minimum Gasteiger partial charge on any atom is -0.396 e. The normalized spacial score (nSPS) is 29.3. The molecule has 2 aliphatic rings. The number of morpholine rings is 1. The summed E-state index contributed by atoms with van der Waals surface area (Å²) < 4.78 is 5.73. The van der Waals surface area contributed by atoms with Gasteiger partial charge < -0.3 is 20.9 Å². The first-order valence-corrected chi connectivity index (χ1v) is 8.02. The van der Waals surface area contributed by atoms with E-state index in [1.807, 2.05) is 0 Å². The highest BCUT2D eigenvalue weighted by Crippen LogP contribution is 2.24. The van der Waals surface area contributed by atoms with E-state index in [1.165, 1.54) is 11.3 Å². The predicted molar refractivity (Wildman–Crippen MR) is 79.2 cm³/mol. The number of nitrogen functional groups attached to an aromatic ring is 1. The van der Waals surface area contributed by atoms with E-state index < -0.39 is 0 Å². The molecule has 2 saturated heterocycles. The number of nitrogens with zero attached hydrogens (tertiary/aromatic N) is 2. The molecule has 3 rings (SSSR count). The number of ether oxygens (including phenoxy) is 1. The molecule has 2 fully saturated rings. The molecule has 0 aromatic carbocycles. The van der Waals surface area contributed by atoms with Crippen molar-refractivity contribution in [1.82, 2.24) is 15.2 Å². The van der Waals surface area contributed by atoms with Crippen LogP contribution < -0.4 is 11.1 Å². The van der Waals surface area contributed by atoms with Crippen molar-refractivity contribution in [3.05, 3.63) is 11.1 Å². The van der Waals surface area contributed by atoms with Gasteiger partial charge in [0.25, 0.3) is 5.91 Å². The number of anilines is 1. The molecular weight excluding hydrogens is 292 g/mol. The SMILES string of the molecule is Nc1nc(C(=O)N[C@H]2C[C@H]3CO[C@@H](CCO)CN3C2)cs1.